The van der Waals surface area contributed by atoms with Gasteiger partial charge in [0.05, 0.1) is 0 Å². The summed E-state index contributed by atoms with van der Waals surface area (Å²) >= 11 is 0. The van der Waals surface area contributed by atoms with Crippen LogP contribution in [0.5, 0.6) is 0 Å². The Balaban J connectivity index is 2.15. The van der Waals surface area contributed by atoms with E-state index in [1.54, 1.807) is 0 Å². The number of para-hydroxylation sites is 1. The van der Waals surface area contributed by atoms with Gasteiger partial charge in [-0.25, -0.2) is 0 Å². The summed E-state index contributed by atoms with van der Waals surface area (Å²) in [6.07, 6.45) is 4.82. The molecule has 1 aromatic carbocycles. The van der Waals surface area contributed by atoms with Gasteiger partial charge >= 0.3 is 0 Å². The molecule has 76 valence electrons. The molecule has 1 aliphatic rings. The summed E-state index contributed by atoms with van der Waals surface area (Å²) < 4.78 is 0. The SMILES string of the molecule is c1ccc2c3c([nH]c2c1)Cc1cnccc1-3. The predicted molar refractivity (Wildman–Crippen MR) is 64.3 cm³/mol. The van der Waals surface area contributed by atoms with Gasteiger partial charge in [-0.15, -0.1) is 0 Å². The van der Waals surface area contributed by atoms with E-state index in [0.29, 0.717) is 0 Å². The third kappa shape index (κ3) is 0.890. The smallest absolute Gasteiger partial charge is 0.0462 e. The number of nitrogens with zero attached hydrogens (tertiary/aromatic N) is 1. The maximum absolute atomic E-state index is 4.19. The van der Waals surface area contributed by atoms with Crippen molar-refractivity contribution in [2.45, 2.75) is 6.42 Å². The molecule has 2 aromatic heterocycles. The number of nitrogens with one attached hydrogen (secondary N) is 1. The van der Waals surface area contributed by atoms with E-state index in [0.717, 1.165) is 6.42 Å². The Bertz CT molecular complexity index is 695. The zero-order valence-electron chi connectivity index (χ0n) is 8.70. The molecule has 2 heteroatoms. The summed E-state index contributed by atoms with van der Waals surface area (Å²) in [6, 6.07) is 10.6. The summed E-state index contributed by atoms with van der Waals surface area (Å²) in [4.78, 5) is 7.68. The van der Waals surface area contributed by atoms with Gasteiger partial charge in [0, 0.05) is 41.0 Å². The molecule has 3 aromatic rings. The standard InChI is InChI=1S/C14H10N2/c1-2-4-12-11(3-1)14-10-5-6-15-8-9(10)7-13(14)16-12/h1-6,8,16H,7H2. The molecule has 1 N–H and O–H groups in total. The Morgan fingerprint density at radius 2 is 2.06 bits per heavy atom. The monoisotopic (exact) mass is 206 g/mol. The Morgan fingerprint density at radius 1 is 1.12 bits per heavy atom. The highest BCUT2D eigenvalue weighted by Crippen LogP contribution is 2.40. The van der Waals surface area contributed by atoms with E-state index in [-0.39, 0.29) is 0 Å². The maximum atomic E-state index is 4.19. The van der Waals surface area contributed by atoms with Crippen molar-refractivity contribution in [1.82, 2.24) is 9.97 Å². The van der Waals surface area contributed by atoms with Crippen molar-refractivity contribution < 1.29 is 0 Å². The number of aromatic nitrogens is 2. The second-order valence-electron chi connectivity index (χ2n) is 4.23. The largest absolute Gasteiger partial charge is 0.358 e. The molecule has 2 heterocycles. The van der Waals surface area contributed by atoms with Crippen LogP contribution in [0.25, 0.3) is 22.0 Å². The third-order valence-corrected chi connectivity index (χ3v) is 3.32. The van der Waals surface area contributed by atoms with Crippen LogP contribution in [0, 0.1) is 0 Å². The topological polar surface area (TPSA) is 28.7 Å². The fraction of sp³-hybridized carbons (Fsp3) is 0.0714. The molecule has 0 fully saturated rings. The average molecular weight is 206 g/mol. The van der Waals surface area contributed by atoms with Gasteiger partial charge in [-0.1, -0.05) is 18.2 Å². The molecule has 4 rings (SSSR count). The normalized spacial score (nSPS) is 12.8. The van der Waals surface area contributed by atoms with Gasteiger partial charge in [-0.05, 0) is 23.3 Å². The number of hydrogen-bond donors (Lipinski definition) is 1. The maximum Gasteiger partial charge on any atom is 0.0462 e. The van der Waals surface area contributed by atoms with Crippen LogP contribution in [0.1, 0.15) is 11.3 Å². The number of H-pyrrole nitrogens is 1. The molecule has 16 heavy (non-hydrogen) atoms. The number of hydrogen-bond acceptors (Lipinski definition) is 1. The Morgan fingerprint density at radius 3 is 3.06 bits per heavy atom. The van der Waals surface area contributed by atoms with E-state index in [4.69, 9.17) is 0 Å². The molecule has 0 unspecified atom stereocenters. The number of rotatable bonds is 0. The zero-order chi connectivity index (χ0) is 10.5. The lowest BCUT2D eigenvalue weighted by Crippen LogP contribution is -1.83. The van der Waals surface area contributed by atoms with Crippen LogP contribution < -0.4 is 0 Å². The van der Waals surface area contributed by atoms with Gasteiger partial charge < -0.3 is 4.98 Å². The molecule has 0 atom stereocenters. The highest BCUT2D eigenvalue weighted by molar-refractivity contribution is 6.00. The summed E-state index contributed by atoms with van der Waals surface area (Å²) in [5.74, 6) is 0. The molecule has 0 saturated carbocycles. The third-order valence-electron chi connectivity index (χ3n) is 3.32. The van der Waals surface area contributed by atoms with Crippen LogP contribution in [0.4, 0.5) is 0 Å². The molecule has 0 radical (unpaired) electrons. The van der Waals surface area contributed by atoms with Crippen molar-refractivity contribution in [1.29, 1.82) is 0 Å². The van der Waals surface area contributed by atoms with Crippen LogP contribution in [0.2, 0.25) is 0 Å². The molecule has 0 amide bonds. The summed E-state index contributed by atoms with van der Waals surface area (Å²) in [5, 5.41) is 1.32. The minimum Gasteiger partial charge on any atom is -0.358 e. The first-order valence-corrected chi connectivity index (χ1v) is 5.46. The van der Waals surface area contributed by atoms with Crippen molar-refractivity contribution in [3.05, 3.63) is 54.0 Å². The van der Waals surface area contributed by atoms with Crippen molar-refractivity contribution in [2.75, 3.05) is 0 Å². The van der Waals surface area contributed by atoms with Crippen LogP contribution in [-0.2, 0) is 6.42 Å². The zero-order valence-corrected chi connectivity index (χ0v) is 8.70. The number of benzene rings is 1. The Labute approximate surface area is 93.0 Å². The Hall–Kier alpha value is -2.09. The number of fused-ring (bicyclic) bond motifs is 5. The fourth-order valence-electron chi connectivity index (χ4n) is 2.64. The molecule has 0 saturated heterocycles. The molecular weight excluding hydrogens is 196 g/mol. The van der Waals surface area contributed by atoms with E-state index in [1.807, 2.05) is 12.4 Å². The molecule has 0 aliphatic heterocycles. The second-order valence-corrected chi connectivity index (χ2v) is 4.23. The minimum atomic E-state index is 0.979. The van der Waals surface area contributed by atoms with Crippen molar-refractivity contribution in [3.63, 3.8) is 0 Å². The van der Waals surface area contributed by atoms with E-state index in [2.05, 4.69) is 40.3 Å². The van der Waals surface area contributed by atoms with Crippen molar-refractivity contribution in [3.8, 4) is 11.1 Å². The van der Waals surface area contributed by atoms with Crippen molar-refractivity contribution >= 4 is 10.9 Å². The van der Waals surface area contributed by atoms with Crippen LogP contribution >= 0.6 is 0 Å². The van der Waals surface area contributed by atoms with E-state index < -0.39 is 0 Å². The summed E-state index contributed by atoms with van der Waals surface area (Å²) in [5.41, 5.74) is 6.59. The predicted octanol–water partition coefficient (Wildman–Crippen LogP) is 3.13. The minimum absolute atomic E-state index is 0.979. The van der Waals surface area contributed by atoms with E-state index in [1.165, 1.54) is 33.3 Å². The number of pyridine rings is 1. The quantitative estimate of drug-likeness (QED) is 0.470. The first-order valence-electron chi connectivity index (χ1n) is 5.46. The van der Waals surface area contributed by atoms with Gasteiger partial charge in [0.15, 0.2) is 0 Å². The number of aromatic amines is 1. The molecule has 0 spiro atoms. The Kier molecular flexibility index (Phi) is 1.38. The van der Waals surface area contributed by atoms with Gasteiger partial charge in [0.2, 0.25) is 0 Å². The second kappa shape index (κ2) is 2.73. The fourth-order valence-corrected chi connectivity index (χ4v) is 2.64. The highest BCUT2D eigenvalue weighted by atomic mass is 14.7. The van der Waals surface area contributed by atoms with Crippen molar-refractivity contribution in [2.24, 2.45) is 0 Å². The lowest BCUT2D eigenvalue weighted by Gasteiger charge is -1.98. The molecular formula is C14H10N2. The van der Waals surface area contributed by atoms with Crippen LogP contribution in [-0.4, -0.2) is 9.97 Å². The van der Waals surface area contributed by atoms with Gasteiger partial charge in [-0.3, -0.25) is 4.98 Å². The molecule has 2 nitrogen and oxygen atoms in total. The van der Waals surface area contributed by atoms with Crippen LogP contribution in [0.15, 0.2) is 42.7 Å². The summed E-state index contributed by atoms with van der Waals surface area (Å²) in [7, 11) is 0. The summed E-state index contributed by atoms with van der Waals surface area (Å²) in [6.45, 7) is 0. The van der Waals surface area contributed by atoms with E-state index >= 15 is 0 Å². The van der Waals surface area contributed by atoms with Crippen LogP contribution in [0.3, 0.4) is 0 Å². The molecule has 0 bridgehead atoms. The highest BCUT2D eigenvalue weighted by Gasteiger charge is 2.22. The average Bonchev–Trinajstić information content (AvgIpc) is 2.83. The lowest BCUT2D eigenvalue weighted by molar-refractivity contribution is 1.14. The molecule has 1 aliphatic carbocycles. The van der Waals surface area contributed by atoms with Gasteiger partial charge in [0.25, 0.3) is 0 Å². The first kappa shape index (κ1) is 8.11. The first-order chi connectivity index (χ1) is 7.93. The van der Waals surface area contributed by atoms with Gasteiger partial charge in [0.1, 0.15) is 0 Å². The van der Waals surface area contributed by atoms with Gasteiger partial charge in [-0.2, -0.15) is 0 Å². The lowest BCUT2D eigenvalue weighted by atomic mass is 10.1. The van der Waals surface area contributed by atoms with E-state index in [9.17, 15) is 0 Å².